The van der Waals surface area contributed by atoms with E-state index in [1.165, 1.54) is 13.1 Å². The predicted molar refractivity (Wildman–Crippen MR) is 75.6 cm³/mol. The summed E-state index contributed by atoms with van der Waals surface area (Å²) >= 11 is 5.89. The summed E-state index contributed by atoms with van der Waals surface area (Å²) in [5, 5.41) is 3.61. The Kier molecular flexibility index (Phi) is 3.73. The second-order valence-corrected chi connectivity index (χ2v) is 5.65. The van der Waals surface area contributed by atoms with Crippen LogP contribution >= 0.6 is 11.6 Å². The van der Waals surface area contributed by atoms with Crippen molar-refractivity contribution in [2.75, 3.05) is 39.3 Å². The van der Waals surface area contributed by atoms with Crippen molar-refractivity contribution in [1.82, 2.24) is 15.1 Å². The topological polar surface area (TPSA) is 35.6 Å². The molecule has 3 heterocycles. The van der Waals surface area contributed by atoms with E-state index in [4.69, 9.17) is 11.6 Å². The van der Waals surface area contributed by atoms with Crippen molar-refractivity contribution in [2.24, 2.45) is 0 Å². The van der Waals surface area contributed by atoms with Crippen LogP contribution in [0.4, 0.5) is 0 Å². The number of fused-ring (bicyclic) bond motifs is 3. The van der Waals surface area contributed by atoms with E-state index in [1.54, 1.807) is 24.3 Å². The number of piperazine rings is 3. The van der Waals surface area contributed by atoms with Crippen LogP contribution < -0.4 is 5.32 Å². The normalized spacial score (nSPS) is 29.2. The highest BCUT2D eigenvalue weighted by atomic mass is 35.5. The molecule has 0 aliphatic carbocycles. The van der Waals surface area contributed by atoms with E-state index in [2.05, 4.69) is 15.1 Å². The maximum atomic E-state index is 12.0. The van der Waals surface area contributed by atoms with E-state index >= 15 is 0 Å². The van der Waals surface area contributed by atoms with Crippen molar-refractivity contribution in [1.29, 1.82) is 0 Å². The molecule has 3 aliphatic rings. The first kappa shape index (κ1) is 12.9. The van der Waals surface area contributed by atoms with Crippen LogP contribution in [0.1, 0.15) is 10.4 Å². The van der Waals surface area contributed by atoms with Gasteiger partial charge in [0.1, 0.15) is 0 Å². The van der Waals surface area contributed by atoms with Gasteiger partial charge < -0.3 is 5.32 Å². The zero-order chi connectivity index (χ0) is 13.2. The van der Waals surface area contributed by atoms with Gasteiger partial charge in [-0.3, -0.25) is 14.6 Å². The zero-order valence-electron chi connectivity index (χ0n) is 10.8. The number of hydrogen-bond acceptors (Lipinski definition) is 3. The Balaban J connectivity index is 1.56. The lowest BCUT2D eigenvalue weighted by Gasteiger charge is -2.47. The van der Waals surface area contributed by atoms with Crippen LogP contribution in [0.2, 0.25) is 5.02 Å². The molecule has 1 atom stereocenters. The second-order valence-electron chi connectivity index (χ2n) is 5.21. The molecule has 1 aromatic carbocycles. The summed E-state index contributed by atoms with van der Waals surface area (Å²) in [6, 6.07) is 7.52. The number of benzene rings is 1. The second kappa shape index (κ2) is 5.49. The van der Waals surface area contributed by atoms with Crippen molar-refractivity contribution < 1.29 is 4.79 Å². The van der Waals surface area contributed by atoms with Crippen molar-refractivity contribution in [2.45, 2.75) is 6.04 Å². The van der Waals surface area contributed by atoms with E-state index in [-0.39, 0.29) is 5.91 Å². The van der Waals surface area contributed by atoms with E-state index in [0.717, 1.165) is 19.6 Å². The average Bonchev–Trinajstić information content (AvgIpc) is 2.46. The van der Waals surface area contributed by atoms with Gasteiger partial charge in [0.05, 0.1) is 0 Å². The Hall–Kier alpha value is -1.10. The van der Waals surface area contributed by atoms with Crippen molar-refractivity contribution in [3.63, 3.8) is 0 Å². The van der Waals surface area contributed by atoms with Crippen LogP contribution in [0.25, 0.3) is 0 Å². The van der Waals surface area contributed by atoms with Gasteiger partial charge >= 0.3 is 0 Å². The fraction of sp³-hybridized carbons (Fsp3) is 0.500. The van der Waals surface area contributed by atoms with Gasteiger partial charge in [-0.05, 0) is 18.2 Å². The molecule has 5 heteroatoms. The molecule has 0 radical (unpaired) electrons. The summed E-state index contributed by atoms with van der Waals surface area (Å²) in [6.07, 6.45) is 0. The molecule has 2 bridgehead atoms. The van der Waals surface area contributed by atoms with Crippen LogP contribution in [0.3, 0.4) is 0 Å². The molecular formula is C14H18ClN3O. The molecule has 3 fully saturated rings. The molecule has 1 N–H and O–H groups in total. The standard InChI is InChI=1S/C14H18ClN3O/c15-12-3-1-2-11(8-12)14(19)16-9-13-10-17-4-6-18(13)7-5-17/h1-3,8,13H,4-7,9-10H2,(H,16,19). The molecular weight excluding hydrogens is 262 g/mol. The average molecular weight is 280 g/mol. The number of halogens is 1. The summed E-state index contributed by atoms with van der Waals surface area (Å²) < 4.78 is 0. The highest BCUT2D eigenvalue weighted by Crippen LogP contribution is 2.15. The molecule has 1 amide bonds. The van der Waals surface area contributed by atoms with Crippen molar-refractivity contribution in [3.05, 3.63) is 34.9 Å². The van der Waals surface area contributed by atoms with Gasteiger partial charge in [0, 0.05) is 55.9 Å². The van der Waals surface area contributed by atoms with Gasteiger partial charge in [0.25, 0.3) is 5.91 Å². The van der Waals surface area contributed by atoms with E-state index in [9.17, 15) is 4.79 Å². The van der Waals surface area contributed by atoms with Crippen LogP contribution in [0.5, 0.6) is 0 Å². The molecule has 3 saturated heterocycles. The highest BCUT2D eigenvalue weighted by molar-refractivity contribution is 6.30. The molecule has 19 heavy (non-hydrogen) atoms. The summed E-state index contributed by atoms with van der Waals surface area (Å²) in [7, 11) is 0. The molecule has 0 spiro atoms. The lowest BCUT2D eigenvalue weighted by Crippen LogP contribution is -2.63. The van der Waals surface area contributed by atoms with Gasteiger partial charge in [0.15, 0.2) is 0 Å². The maximum absolute atomic E-state index is 12.0. The number of nitrogens with zero attached hydrogens (tertiary/aromatic N) is 2. The highest BCUT2D eigenvalue weighted by Gasteiger charge is 2.31. The smallest absolute Gasteiger partial charge is 0.251 e. The lowest BCUT2D eigenvalue weighted by atomic mass is 10.1. The van der Waals surface area contributed by atoms with Crippen molar-refractivity contribution in [3.8, 4) is 0 Å². The first-order chi connectivity index (χ1) is 9.22. The molecule has 1 aromatic rings. The summed E-state index contributed by atoms with van der Waals surface area (Å²) in [4.78, 5) is 17.0. The quantitative estimate of drug-likeness (QED) is 0.899. The number of carbonyl (C=O) groups is 1. The molecule has 0 aromatic heterocycles. The third-order valence-electron chi connectivity index (χ3n) is 3.98. The minimum absolute atomic E-state index is 0.0415. The SMILES string of the molecule is O=C(NCC1CN2CCN1CC2)c1cccc(Cl)c1. The van der Waals surface area contributed by atoms with E-state index < -0.39 is 0 Å². The summed E-state index contributed by atoms with van der Waals surface area (Å²) in [5.41, 5.74) is 0.628. The number of nitrogens with one attached hydrogen (secondary N) is 1. The van der Waals surface area contributed by atoms with Gasteiger partial charge in [-0.15, -0.1) is 0 Å². The summed E-state index contributed by atoms with van der Waals surface area (Å²) in [6.45, 7) is 6.35. The number of amides is 1. The van der Waals surface area contributed by atoms with E-state index in [0.29, 0.717) is 23.2 Å². The molecule has 1 unspecified atom stereocenters. The minimum Gasteiger partial charge on any atom is -0.350 e. The Bertz CT molecular complexity index is 472. The largest absolute Gasteiger partial charge is 0.350 e. The predicted octanol–water partition coefficient (Wildman–Crippen LogP) is 1.07. The molecule has 3 aliphatic heterocycles. The third-order valence-corrected chi connectivity index (χ3v) is 4.21. The number of hydrogen-bond donors (Lipinski definition) is 1. The molecule has 4 nitrogen and oxygen atoms in total. The van der Waals surface area contributed by atoms with Crippen molar-refractivity contribution >= 4 is 17.5 Å². The first-order valence-corrected chi connectivity index (χ1v) is 7.10. The Morgan fingerprint density at radius 3 is 2.74 bits per heavy atom. The molecule has 4 rings (SSSR count). The fourth-order valence-corrected chi connectivity index (χ4v) is 3.05. The first-order valence-electron chi connectivity index (χ1n) is 6.72. The van der Waals surface area contributed by atoms with Gasteiger partial charge in [-0.2, -0.15) is 0 Å². The Labute approximate surface area is 118 Å². The number of carbonyl (C=O) groups excluding carboxylic acids is 1. The monoisotopic (exact) mass is 279 g/mol. The van der Waals surface area contributed by atoms with Gasteiger partial charge in [-0.25, -0.2) is 0 Å². The van der Waals surface area contributed by atoms with Gasteiger partial charge in [0.2, 0.25) is 0 Å². The Morgan fingerprint density at radius 2 is 2.11 bits per heavy atom. The van der Waals surface area contributed by atoms with Crippen LogP contribution in [0, 0.1) is 0 Å². The van der Waals surface area contributed by atoms with Gasteiger partial charge in [-0.1, -0.05) is 17.7 Å². The maximum Gasteiger partial charge on any atom is 0.251 e. The van der Waals surface area contributed by atoms with Crippen LogP contribution in [-0.2, 0) is 0 Å². The minimum atomic E-state index is -0.0415. The summed E-state index contributed by atoms with van der Waals surface area (Å²) in [5.74, 6) is -0.0415. The number of rotatable bonds is 3. The third kappa shape index (κ3) is 2.91. The van der Waals surface area contributed by atoms with Crippen LogP contribution in [-0.4, -0.2) is 61.0 Å². The van der Waals surface area contributed by atoms with E-state index in [1.807, 2.05) is 0 Å². The van der Waals surface area contributed by atoms with Crippen LogP contribution in [0.15, 0.2) is 24.3 Å². The molecule has 102 valence electrons. The molecule has 0 saturated carbocycles. The Morgan fingerprint density at radius 1 is 1.32 bits per heavy atom. The zero-order valence-corrected chi connectivity index (χ0v) is 11.6. The lowest BCUT2D eigenvalue weighted by molar-refractivity contribution is 0.0138. The fourth-order valence-electron chi connectivity index (χ4n) is 2.86.